The summed E-state index contributed by atoms with van der Waals surface area (Å²) in [6, 6.07) is 2.09. The lowest BCUT2D eigenvalue weighted by Gasteiger charge is -2.08. The van der Waals surface area contributed by atoms with E-state index < -0.39 is 0 Å². The quantitative estimate of drug-likeness (QED) is 0.566. The summed E-state index contributed by atoms with van der Waals surface area (Å²) in [7, 11) is 0. The monoisotopic (exact) mass is 444 g/mol. The number of pyridine rings is 1. The van der Waals surface area contributed by atoms with Gasteiger partial charge in [-0.1, -0.05) is 0 Å². The van der Waals surface area contributed by atoms with Gasteiger partial charge >= 0.3 is 0 Å². The van der Waals surface area contributed by atoms with E-state index in [-0.39, 0.29) is 12.5 Å². The highest BCUT2D eigenvalue weighted by Gasteiger charge is 2.27. The van der Waals surface area contributed by atoms with Gasteiger partial charge in [-0.05, 0) is 73.5 Å². The summed E-state index contributed by atoms with van der Waals surface area (Å²) in [6.45, 7) is 7.58. The zero-order valence-electron chi connectivity index (χ0n) is 16.5. The topological polar surface area (TPSA) is 77.6 Å². The van der Waals surface area contributed by atoms with Gasteiger partial charge in [0, 0.05) is 30.4 Å². The lowest BCUT2D eigenvalue weighted by Crippen LogP contribution is -2.29. The predicted molar refractivity (Wildman–Crippen MR) is 111 cm³/mol. The fourth-order valence-corrected chi connectivity index (χ4v) is 3.98. The van der Waals surface area contributed by atoms with Crippen LogP contribution in [0.15, 0.2) is 16.7 Å². The number of nitrogens with one attached hydrogen (secondary N) is 1. The number of nitrogens with zero attached hydrogens (tertiary/aromatic N) is 5. The molecule has 8 heteroatoms. The van der Waals surface area contributed by atoms with Gasteiger partial charge < -0.3 is 5.32 Å². The first-order chi connectivity index (χ1) is 13.5. The maximum absolute atomic E-state index is 12.4. The maximum Gasteiger partial charge on any atom is 0.241 e. The molecule has 0 saturated heterocycles. The summed E-state index contributed by atoms with van der Waals surface area (Å²) in [6.07, 6.45) is 5.12. The van der Waals surface area contributed by atoms with Crippen molar-refractivity contribution in [3.8, 4) is 0 Å². The summed E-state index contributed by atoms with van der Waals surface area (Å²) >= 11 is 3.54. The second kappa shape index (κ2) is 7.66. The SMILES string of the molecule is Cc1nn(CCCNC(=O)Cn2nc(C)c3c(C4CC4)ccnc32)c(C)c1Br. The van der Waals surface area contributed by atoms with Crippen molar-refractivity contribution in [2.45, 2.75) is 59.0 Å². The predicted octanol–water partition coefficient (Wildman–Crippen LogP) is 3.40. The molecule has 3 aromatic heterocycles. The van der Waals surface area contributed by atoms with Crippen LogP contribution in [0.3, 0.4) is 0 Å². The molecule has 0 bridgehead atoms. The molecule has 0 aliphatic heterocycles. The maximum atomic E-state index is 12.4. The molecule has 1 saturated carbocycles. The number of hydrogen-bond donors (Lipinski definition) is 1. The molecule has 1 amide bonds. The van der Waals surface area contributed by atoms with Crippen LogP contribution in [0.25, 0.3) is 11.0 Å². The first kappa shape index (κ1) is 19.1. The number of aryl methyl sites for hydroxylation is 3. The van der Waals surface area contributed by atoms with Crippen LogP contribution < -0.4 is 5.32 Å². The van der Waals surface area contributed by atoms with Crippen LogP contribution in [0.4, 0.5) is 0 Å². The highest BCUT2D eigenvalue weighted by atomic mass is 79.9. The lowest BCUT2D eigenvalue weighted by atomic mass is 10.1. The number of carbonyl (C=O) groups excluding carboxylic acids is 1. The molecular weight excluding hydrogens is 420 g/mol. The molecule has 28 heavy (non-hydrogen) atoms. The number of aromatic nitrogens is 5. The Morgan fingerprint density at radius 2 is 1.96 bits per heavy atom. The van der Waals surface area contributed by atoms with Crippen LogP contribution in [0.2, 0.25) is 0 Å². The molecule has 0 aromatic carbocycles. The van der Waals surface area contributed by atoms with Crippen LogP contribution in [0.1, 0.15) is 47.8 Å². The van der Waals surface area contributed by atoms with E-state index in [1.54, 1.807) is 4.68 Å². The van der Waals surface area contributed by atoms with E-state index in [4.69, 9.17) is 0 Å². The molecule has 0 unspecified atom stereocenters. The standard InChI is InChI=1S/C20H25BrN6O/c1-12-18-16(15-5-6-15)7-9-23-20(18)27(24-12)11-17(28)22-8-4-10-26-14(3)19(21)13(2)25-26/h7,9,15H,4-6,8,10-11H2,1-3H3,(H,22,28). The van der Waals surface area contributed by atoms with E-state index in [2.05, 4.69) is 42.5 Å². The van der Waals surface area contributed by atoms with Crippen molar-refractivity contribution in [2.75, 3.05) is 6.54 Å². The van der Waals surface area contributed by atoms with Crippen molar-refractivity contribution in [3.63, 3.8) is 0 Å². The van der Waals surface area contributed by atoms with Crippen LogP contribution in [-0.2, 0) is 17.9 Å². The van der Waals surface area contributed by atoms with E-state index >= 15 is 0 Å². The Labute approximate surface area is 172 Å². The van der Waals surface area contributed by atoms with Gasteiger partial charge in [-0.25, -0.2) is 9.67 Å². The largest absolute Gasteiger partial charge is 0.354 e. The summed E-state index contributed by atoms with van der Waals surface area (Å²) in [5.41, 5.74) is 5.18. The number of hydrogen-bond acceptors (Lipinski definition) is 4. The number of fused-ring (bicyclic) bond motifs is 1. The van der Waals surface area contributed by atoms with Gasteiger partial charge in [-0.3, -0.25) is 9.48 Å². The van der Waals surface area contributed by atoms with Crippen molar-refractivity contribution >= 4 is 32.9 Å². The van der Waals surface area contributed by atoms with E-state index in [1.807, 2.05) is 31.6 Å². The Bertz CT molecular complexity index is 1030. The molecule has 3 heterocycles. The average molecular weight is 445 g/mol. The molecule has 1 fully saturated rings. The second-order valence-corrected chi connectivity index (χ2v) is 8.32. The molecule has 1 aliphatic rings. The van der Waals surface area contributed by atoms with Crippen LogP contribution in [-0.4, -0.2) is 37.0 Å². The minimum absolute atomic E-state index is 0.0439. The third-order valence-corrected chi connectivity index (χ3v) is 6.46. The normalized spacial score (nSPS) is 14.0. The second-order valence-electron chi connectivity index (χ2n) is 7.53. The fraction of sp³-hybridized carbons (Fsp3) is 0.500. The van der Waals surface area contributed by atoms with Gasteiger partial charge in [0.1, 0.15) is 6.54 Å². The van der Waals surface area contributed by atoms with E-state index in [9.17, 15) is 4.79 Å². The lowest BCUT2D eigenvalue weighted by molar-refractivity contribution is -0.121. The van der Waals surface area contributed by atoms with E-state index in [0.717, 1.165) is 45.6 Å². The molecule has 0 atom stereocenters. The summed E-state index contributed by atoms with van der Waals surface area (Å²) < 4.78 is 4.75. The number of carbonyl (C=O) groups is 1. The zero-order chi connectivity index (χ0) is 19.8. The molecule has 1 N–H and O–H groups in total. The minimum Gasteiger partial charge on any atom is -0.354 e. The molecule has 0 spiro atoms. The molecule has 0 radical (unpaired) electrons. The summed E-state index contributed by atoms with van der Waals surface area (Å²) in [4.78, 5) is 16.9. The van der Waals surface area contributed by atoms with Crippen LogP contribution in [0, 0.1) is 20.8 Å². The summed E-state index contributed by atoms with van der Waals surface area (Å²) in [5.74, 6) is 0.586. The molecule has 1 aliphatic carbocycles. The Morgan fingerprint density at radius 1 is 1.21 bits per heavy atom. The molecule has 3 aromatic rings. The van der Waals surface area contributed by atoms with Crippen molar-refractivity contribution in [1.82, 2.24) is 29.9 Å². The fourth-order valence-electron chi connectivity index (χ4n) is 3.70. The smallest absolute Gasteiger partial charge is 0.241 e. The highest BCUT2D eigenvalue weighted by Crippen LogP contribution is 2.43. The first-order valence-corrected chi connectivity index (χ1v) is 10.5. The van der Waals surface area contributed by atoms with Gasteiger partial charge in [0.05, 0.1) is 15.9 Å². The minimum atomic E-state index is -0.0439. The third kappa shape index (κ3) is 3.70. The van der Waals surface area contributed by atoms with Crippen molar-refractivity contribution in [1.29, 1.82) is 0 Å². The Balaban J connectivity index is 1.35. The van der Waals surface area contributed by atoms with Crippen molar-refractivity contribution in [3.05, 3.63) is 39.4 Å². The zero-order valence-corrected chi connectivity index (χ0v) is 18.1. The van der Waals surface area contributed by atoms with Gasteiger partial charge in [0.15, 0.2) is 5.65 Å². The molecule has 4 rings (SSSR count). The third-order valence-electron chi connectivity index (χ3n) is 5.31. The Hall–Kier alpha value is -2.22. The average Bonchev–Trinajstić information content (AvgIpc) is 3.43. The van der Waals surface area contributed by atoms with Gasteiger partial charge in [-0.15, -0.1) is 0 Å². The van der Waals surface area contributed by atoms with Crippen molar-refractivity contribution in [2.24, 2.45) is 0 Å². The Kier molecular flexibility index (Phi) is 5.23. The molecule has 148 valence electrons. The number of amides is 1. The highest BCUT2D eigenvalue weighted by molar-refractivity contribution is 9.10. The number of halogens is 1. The van der Waals surface area contributed by atoms with Gasteiger partial charge in [-0.2, -0.15) is 10.2 Å². The van der Waals surface area contributed by atoms with Crippen LogP contribution in [0.5, 0.6) is 0 Å². The molecule has 7 nitrogen and oxygen atoms in total. The van der Waals surface area contributed by atoms with Crippen LogP contribution >= 0.6 is 15.9 Å². The van der Waals surface area contributed by atoms with E-state index in [0.29, 0.717) is 12.5 Å². The van der Waals surface area contributed by atoms with E-state index in [1.165, 1.54) is 18.4 Å². The summed E-state index contributed by atoms with van der Waals surface area (Å²) in [5, 5.41) is 13.2. The Morgan fingerprint density at radius 3 is 2.64 bits per heavy atom. The number of rotatable bonds is 7. The first-order valence-electron chi connectivity index (χ1n) is 9.74. The van der Waals surface area contributed by atoms with Gasteiger partial charge in [0.25, 0.3) is 0 Å². The van der Waals surface area contributed by atoms with Gasteiger partial charge in [0.2, 0.25) is 5.91 Å². The molecular formula is C20H25BrN6O. The van der Waals surface area contributed by atoms with Crippen molar-refractivity contribution < 1.29 is 4.79 Å².